The molecule has 0 aliphatic heterocycles. The maximum atomic E-state index is 9.62. The lowest BCUT2D eigenvalue weighted by Crippen LogP contribution is -2.31. The maximum absolute atomic E-state index is 9.62. The Bertz CT molecular complexity index is 185. The Morgan fingerprint density at radius 1 is 1.17 bits per heavy atom. The highest BCUT2D eigenvalue weighted by molar-refractivity contribution is 5.08. The molecule has 2 aliphatic carbocycles. The quantitative estimate of drug-likeness (QED) is 0.548. The molecule has 0 radical (unpaired) electrons. The van der Waals surface area contributed by atoms with Gasteiger partial charge in [0.15, 0.2) is 0 Å². The third-order valence-corrected chi connectivity index (χ3v) is 3.59. The average molecular weight is 166 g/mol. The van der Waals surface area contributed by atoms with Gasteiger partial charge in [-0.25, -0.2) is 0 Å². The van der Waals surface area contributed by atoms with E-state index in [0.717, 1.165) is 30.3 Å². The smallest absolute Gasteiger partial charge is 0.0750 e. The van der Waals surface area contributed by atoms with Gasteiger partial charge in [0, 0.05) is 0 Å². The summed E-state index contributed by atoms with van der Waals surface area (Å²) in [5, 5.41) is 9.62. The molecule has 0 heterocycles. The Hall–Kier alpha value is -0.300. The minimum Gasteiger partial charge on any atom is -0.389 e. The molecule has 0 amide bonds. The number of hydrogen-bond acceptors (Lipinski definition) is 1. The minimum atomic E-state index is -0.190. The summed E-state index contributed by atoms with van der Waals surface area (Å²) in [6.07, 6.45) is 7.37. The fourth-order valence-corrected chi connectivity index (χ4v) is 2.79. The van der Waals surface area contributed by atoms with Crippen LogP contribution in [0, 0.1) is 11.8 Å². The standard InChI is InChI=1S/C11H18O/c1-8-6-9-4-2-3-5-10(9)7-11(8)12/h9-12H,1-7H2. The van der Waals surface area contributed by atoms with Crippen LogP contribution in [-0.2, 0) is 0 Å². The van der Waals surface area contributed by atoms with Gasteiger partial charge < -0.3 is 5.11 Å². The van der Waals surface area contributed by atoms with E-state index in [1.807, 2.05) is 0 Å². The molecule has 2 fully saturated rings. The van der Waals surface area contributed by atoms with Crippen LogP contribution in [0.5, 0.6) is 0 Å². The van der Waals surface area contributed by atoms with Crippen molar-refractivity contribution in [2.45, 2.75) is 44.6 Å². The Kier molecular flexibility index (Phi) is 2.22. The van der Waals surface area contributed by atoms with E-state index in [1.165, 1.54) is 25.7 Å². The van der Waals surface area contributed by atoms with Crippen LogP contribution in [0.15, 0.2) is 12.2 Å². The molecule has 0 bridgehead atoms. The fraction of sp³-hybridized carbons (Fsp3) is 0.818. The number of hydrogen-bond donors (Lipinski definition) is 1. The lowest BCUT2D eigenvalue weighted by Gasteiger charge is -2.38. The summed E-state index contributed by atoms with van der Waals surface area (Å²) < 4.78 is 0. The second kappa shape index (κ2) is 3.21. The van der Waals surface area contributed by atoms with Gasteiger partial charge in [0.2, 0.25) is 0 Å². The molecule has 2 saturated carbocycles. The van der Waals surface area contributed by atoms with Crippen molar-refractivity contribution in [1.82, 2.24) is 0 Å². The monoisotopic (exact) mass is 166 g/mol. The predicted molar refractivity (Wildman–Crippen MR) is 49.8 cm³/mol. The highest BCUT2D eigenvalue weighted by Crippen LogP contribution is 2.41. The molecule has 68 valence electrons. The molecular weight excluding hydrogens is 148 g/mol. The minimum absolute atomic E-state index is 0.190. The van der Waals surface area contributed by atoms with Crippen LogP contribution in [0.2, 0.25) is 0 Å². The summed E-state index contributed by atoms with van der Waals surface area (Å²) in [4.78, 5) is 0. The van der Waals surface area contributed by atoms with Crippen LogP contribution in [-0.4, -0.2) is 11.2 Å². The van der Waals surface area contributed by atoms with Crippen LogP contribution in [0.3, 0.4) is 0 Å². The molecule has 1 N–H and O–H groups in total. The van der Waals surface area contributed by atoms with Gasteiger partial charge >= 0.3 is 0 Å². The molecule has 0 aromatic rings. The molecule has 12 heavy (non-hydrogen) atoms. The second-order valence-corrected chi connectivity index (χ2v) is 4.42. The molecule has 2 rings (SSSR count). The van der Waals surface area contributed by atoms with E-state index in [9.17, 15) is 5.11 Å². The predicted octanol–water partition coefficient (Wildman–Crippen LogP) is 2.50. The molecule has 0 saturated heterocycles. The van der Waals surface area contributed by atoms with Crippen molar-refractivity contribution in [3.05, 3.63) is 12.2 Å². The zero-order valence-corrected chi connectivity index (χ0v) is 7.63. The molecule has 3 atom stereocenters. The van der Waals surface area contributed by atoms with Gasteiger partial charge in [0.1, 0.15) is 0 Å². The summed E-state index contributed by atoms with van der Waals surface area (Å²) in [6.45, 7) is 3.94. The van der Waals surface area contributed by atoms with Gasteiger partial charge in [-0.3, -0.25) is 0 Å². The summed E-state index contributed by atoms with van der Waals surface area (Å²) in [6, 6.07) is 0. The Morgan fingerprint density at radius 3 is 2.58 bits per heavy atom. The van der Waals surface area contributed by atoms with Crippen molar-refractivity contribution in [1.29, 1.82) is 0 Å². The molecule has 0 aromatic carbocycles. The first-order chi connectivity index (χ1) is 5.77. The topological polar surface area (TPSA) is 20.2 Å². The molecule has 0 aromatic heterocycles. The third-order valence-electron chi connectivity index (χ3n) is 3.59. The summed E-state index contributed by atoms with van der Waals surface area (Å²) >= 11 is 0. The van der Waals surface area contributed by atoms with Crippen molar-refractivity contribution in [3.63, 3.8) is 0 Å². The molecule has 1 heteroatoms. The summed E-state index contributed by atoms with van der Waals surface area (Å²) in [7, 11) is 0. The highest BCUT2D eigenvalue weighted by atomic mass is 16.3. The number of rotatable bonds is 0. The number of aliphatic hydroxyl groups is 1. The first-order valence-electron chi connectivity index (χ1n) is 5.13. The molecular formula is C11H18O. The van der Waals surface area contributed by atoms with Crippen LogP contribution in [0.25, 0.3) is 0 Å². The van der Waals surface area contributed by atoms with Crippen LogP contribution in [0.4, 0.5) is 0 Å². The zero-order chi connectivity index (χ0) is 8.55. The normalized spacial score (nSPS) is 42.4. The zero-order valence-electron chi connectivity index (χ0n) is 7.63. The van der Waals surface area contributed by atoms with E-state index in [2.05, 4.69) is 6.58 Å². The van der Waals surface area contributed by atoms with Gasteiger partial charge in [0.25, 0.3) is 0 Å². The van der Waals surface area contributed by atoms with Crippen molar-refractivity contribution >= 4 is 0 Å². The Balaban J connectivity index is 2.02. The van der Waals surface area contributed by atoms with Gasteiger partial charge in [-0.2, -0.15) is 0 Å². The SMILES string of the molecule is C=C1CC2CCCCC2CC1O. The fourth-order valence-electron chi connectivity index (χ4n) is 2.79. The lowest BCUT2D eigenvalue weighted by molar-refractivity contribution is 0.0917. The van der Waals surface area contributed by atoms with Gasteiger partial charge in [0.05, 0.1) is 6.10 Å². The van der Waals surface area contributed by atoms with E-state index in [-0.39, 0.29) is 6.10 Å². The maximum Gasteiger partial charge on any atom is 0.0750 e. The van der Waals surface area contributed by atoms with Crippen LogP contribution < -0.4 is 0 Å². The van der Waals surface area contributed by atoms with Crippen molar-refractivity contribution < 1.29 is 5.11 Å². The molecule has 1 nitrogen and oxygen atoms in total. The van der Waals surface area contributed by atoms with E-state index in [1.54, 1.807) is 0 Å². The summed E-state index contributed by atoms with van der Waals surface area (Å²) in [5.41, 5.74) is 1.08. The van der Waals surface area contributed by atoms with Crippen molar-refractivity contribution in [2.75, 3.05) is 0 Å². The second-order valence-electron chi connectivity index (χ2n) is 4.42. The summed E-state index contributed by atoms with van der Waals surface area (Å²) in [5.74, 6) is 1.66. The Morgan fingerprint density at radius 2 is 1.83 bits per heavy atom. The van der Waals surface area contributed by atoms with E-state index in [0.29, 0.717) is 0 Å². The van der Waals surface area contributed by atoms with Crippen molar-refractivity contribution in [2.24, 2.45) is 11.8 Å². The van der Waals surface area contributed by atoms with Crippen LogP contribution >= 0.6 is 0 Å². The van der Waals surface area contributed by atoms with E-state index < -0.39 is 0 Å². The van der Waals surface area contributed by atoms with Gasteiger partial charge in [-0.05, 0) is 36.7 Å². The molecule has 0 spiro atoms. The molecule has 2 aliphatic rings. The van der Waals surface area contributed by atoms with Gasteiger partial charge in [-0.1, -0.05) is 25.8 Å². The Labute approximate surface area is 74.5 Å². The molecule has 3 unspecified atom stereocenters. The largest absolute Gasteiger partial charge is 0.389 e. The van der Waals surface area contributed by atoms with E-state index >= 15 is 0 Å². The highest BCUT2D eigenvalue weighted by Gasteiger charge is 2.32. The lowest BCUT2D eigenvalue weighted by atomic mass is 9.69. The first kappa shape index (κ1) is 8.31. The van der Waals surface area contributed by atoms with Crippen LogP contribution in [0.1, 0.15) is 38.5 Å². The third kappa shape index (κ3) is 1.42. The van der Waals surface area contributed by atoms with Crippen molar-refractivity contribution in [3.8, 4) is 0 Å². The average Bonchev–Trinajstić information content (AvgIpc) is 2.07. The number of fused-ring (bicyclic) bond motifs is 1. The number of aliphatic hydroxyl groups excluding tert-OH is 1. The first-order valence-corrected chi connectivity index (χ1v) is 5.13. The van der Waals surface area contributed by atoms with E-state index in [4.69, 9.17) is 0 Å². The van der Waals surface area contributed by atoms with Gasteiger partial charge in [-0.15, -0.1) is 0 Å².